The number of hydrogen-bond donors (Lipinski definition) is 2. The van der Waals surface area contributed by atoms with Crippen molar-refractivity contribution in [3.63, 3.8) is 0 Å². The highest BCUT2D eigenvalue weighted by molar-refractivity contribution is 9.10. The zero-order valence-electron chi connectivity index (χ0n) is 14.0. The molecule has 1 heterocycles. The molecule has 1 aromatic heterocycles. The molecule has 2 N–H and O–H groups in total. The Morgan fingerprint density at radius 2 is 1.54 bits per heavy atom. The highest BCUT2D eigenvalue weighted by Gasteiger charge is 2.24. The van der Waals surface area contributed by atoms with E-state index in [0.717, 1.165) is 10.0 Å². The lowest BCUT2D eigenvalue weighted by atomic mass is 10.1. The number of aliphatic hydroxyl groups excluding tert-OH is 1. The van der Waals surface area contributed by atoms with Crippen LogP contribution in [0.15, 0.2) is 89.7 Å². The molecule has 2 aromatic carbocycles. The first kappa shape index (κ1) is 18.3. The van der Waals surface area contributed by atoms with Crippen molar-refractivity contribution < 1.29 is 9.67 Å². The molecule has 0 radical (unpaired) electrons. The minimum atomic E-state index is 0.110. The van der Waals surface area contributed by atoms with E-state index in [0.29, 0.717) is 22.8 Å². The summed E-state index contributed by atoms with van der Waals surface area (Å²) >= 11 is 9.11. The fourth-order valence-electron chi connectivity index (χ4n) is 2.54. The minimum Gasteiger partial charge on any atom is -0.502 e. The predicted molar refractivity (Wildman–Crippen MR) is 112 cm³/mol. The van der Waals surface area contributed by atoms with Crippen molar-refractivity contribution in [3.05, 3.63) is 101 Å². The van der Waals surface area contributed by atoms with Gasteiger partial charge in [0.1, 0.15) is 0 Å². The van der Waals surface area contributed by atoms with Gasteiger partial charge in [0, 0.05) is 28.7 Å². The summed E-state index contributed by atoms with van der Waals surface area (Å²) in [6.07, 6.45) is 3.72. The van der Waals surface area contributed by atoms with Crippen LogP contribution in [-0.4, -0.2) is 10.1 Å². The van der Waals surface area contributed by atoms with Crippen LogP contribution >= 0.6 is 28.1 Å². The number of aliphatic hydroxyl groups is 1. The summed E-state index contributed by atoms with van der Waals surface area (Å²) in [6.45, 7) is 0.583. The molecule has 3 rings (SSSR count). The zero-order valence-corrected chi connectivity index (χ0v) is 16.4. The summed E-state index contributed by atoms with van der Waals surface area (Å²) in [6, 6.07) is 23.2. The van der Waals surface area contributed by atoms with Crippen LogP contribution < -0.4 is 9.88 Å². The van der Waals surface area contributed by atoms with E-state index in [1.807, 2.05) is 89.8 Å². The van der Waals surface area contributed by atoms with Gasteiger partial charge in [-0.25, -0.2) is 0 Å². The van der Waals surface area contributed by atoms with Crippen LogP contribution in [0.5, 0.6) is 0 Å². The van der Waals surface area contributed by atoms with E-state index in [9.17, 15) is 5.11 Å². The standard InChI is InChI=1S/C21H17BrN2OS/c22-18-12-6-5-11-17(18)20(25)19(24-13-7-2-8-14-24)21(26)23-15-16-9-3-1-4-10-16/h1-14H,15H2,(H-,23,25,26)/p+1. The number of nitrogens with zero attached hydrogens (tertiary/aromatic N) is 1. The van der Waals surface area contributed by atoms with Crippen LogP contribution in [0, 0.1) is 0 Å². The summed E-state index contributed by atoms with van der Waals surface area (Å²) in [5.74, 6) is 0.110. The number of thiocarbonyl (C=S) groups is 1. The van der Waals surface area contributed by atoms with Crippen LogP contribution in [0.4, 0.5) is 0 Å². The van der Waals surface area contributed by atoms with Gasteiger partial charge >= 0.3 is 0 Å². The normalized spacial score (nSPS) is 11.6. The predicted octanol–water partition coefficient (Wildman–Crippen LogP) is 4.74. The van der Waals surface area contributed by atoms with Gasteiger partial charge in [-0.2, -0.15) is 4.57 Å². The summed E-state index contributed by atoms with van der Waals surface area (Å²) in [5.41, 5.74) is 2.33. The fraction of sp³-hybridized carbons (Fsp3) is 0.0476. The van der Waals surface area contributed by atoms with Crippen molar-refractivity contribution in [1.29, 1.82) is 0 Å². The van der Waals surface area contributed by atoms with Crippen molar-refractivity contribution >= 4 is 44.6 Å². The molecule has 0 saturated heterocycles. The van der Waals surface area contributed by atoms with E-state index in [-0.39, 0.29) is 5.76 Å². The van der Waals surface area contributed by atoms with E-state index >= 15 is 0 Å². The van der Waals surface area contributed by atoms with Gasteiger partial charge in [0.05, 0.1) is 0 Å². The first-order valence-electron chi connectivity index (χ1n) is 8.14. The number of aromatic nitrogens is 1. The van der Waals surface area contributed by atoms with Crippen LogP contribution in [0.1, 0.15) is 11.1 Å². The third-order valence-corrected chi connectivity index (χ3v) is 4.87. The smallest absolute Gasteiger partial charge is 0.288 e. The second-order valence-electron chi connectivity index (χ2n) is 5.63. The Bertz CT molecular complexity index is 927. The van der Waals surface area contributed by atoms with Gasteiger partial charge in [-0.05, 0) is 17.7 Å². The number of halogens is 1. The molecule has 0 amide bonds. The van der Waals surface area contributed by atoms with Crippen LogP contribution in [-0.2, 0) is 6.54 Å². The van der Waals surface area contributed by atoms with E-state index in [1.165, 1.54) is 0 Å². The lowest BCUT2D eigenvalue weighted by Gasteiger charge is -2.11. The third-order valence-electron chi connectivity index (χ3n) is 3.84. The Labute approximate surface area is 166 Å². The minimum absolute atomic E-state index is 0.110. The molecule has 3 aromatic rings. The van der Waals surface area contributed by atoms with E-state index in [4.69, 9.17) is 12.2 Å². The largest absolute Gasteiger partial charge is 0.502 e. The Morgan fingerprint density at radius 3 is 2.23 bits per heavy atom. The molecule has 0 unspecified atom stereocenters. The molecule has 0 atom stereocenters. The average molecular weight is 426 g/mol. The second kappa shape index (κ2) is 8.74. The first-order valence-corrected chi connectivity index (χ1v) is 9.34. The van der Waals surface area contributed by atoms with Crippen molar-refractivity contribution in [3.8, 4) is 0 Å². The molecule has 0 aliphatic rings. The Hall–Kier alpha value is -2.50. The van der Waals surface area contributed by atoms with E-state index in [2.05, 4.69) is 21.2 Å². The number of rotatable bonds is 5. The van der Waals surface area contributed by atoms with Crippen molar-refractivity contribution in [2.45, 2.75) is 6.54 Å². The van der Waals surface area contributed by atoms with Gasteiger partial charge in [-0.15, -0.1) is 0 Å². The lowest BCUT2D eigenvalue weighted by molar-refractivity contribution is -0.576. The van der Waals surface area contributed by atoms with Gasteiger partial charge in [0.2, 0.25) is 0 Å². The zero-order chi connectivity index (χ0) is 18.4. The van der Waals surface area contributed by atoms with Gasteiger partial charge in [0.25, 0.3) is 5.70 Å². The molecule has 130 valence electrons. The maximum absolute atomic E-state index is 11.0. The fourth-order valence-corrected chi connectivity index (χ4v) is 3.28. The van der Waals surface area contributed by atoms with Crippen molar-refractivity contribution in [2.75, 3.05) is 0 Å². The second-order valence-corrected chi connectivity index (χ2v) is 6.89. The monoisotopic (exact) mass is 425 g/mol. The SMILES string of the molecule is O/C(=C(\C(=S)NCc1ccccc1)[n+]1ccccc1)c1ccccc1Br. The maximum Gasteiger partial charge on any atom is 0.288 e. The van der Waals surface area contributed by atoms with Gasteiger partial charge in [0.15, 0.2) is 23.1 Å². The van der Waals surface area contributed by atoms with Crippen LogP contribution in [0.2, 0.25) is 0 Å². The summed E-state index contributed by atoms with van der Waals surface area (Å²) in [7, 11) is 0. The summed E-state index contributed by atoms with van der Waals surface area (Å²) < 4.78 is 2.62. The molecular formula is C21H18BrN2OS+. The van der Waals surface area contributed by atoms with E-state index < -0.39 is 0 Å². The molecule has 0 aliphatic heterocycles. The Kier molecular flexibility index (Phi) is 6.15. The highest BCUT2D eigenvalue weighted by atomic mass is 79.9. The van der Waals surface area contributed by atoms with E-state index in [1.54, 1.807) is 0 Å². The molecule has 3 nitrogen and oxygen atoms in total. The quantitative estimate of drug-likeness (QED) is 0.268. The molecule has 0 fully saturated rings. The summed E-state index contributed by atoms with van der Waals surface area (Å²) in [5, 5.41) is 14.2. The van der Waals surface area contributed by atoms with Crippen molar-refractivity contribution in [1.82, 2.24) is 5.32 Å². The number of benzene rings is 2. The van der Waals surface area contributed by atoms with Gasteiger partial charge < -0.3 is 10.4 Å². The Morgan fingerprint density at radius 1 is 0.923 bits per heavy atom. The van der Waals surface area contributed by atoms with Gasteiger partial charge in [-0.3, -0.25) is 0 Å². The number of hydrogen-bond acceptors (Lipinski definition) is 2. The first-order chi connectivity index (χ1) is 12.7. The lowest BCUT2D eigenvalue weighted by Crippen LogP contribution is -2.40. The van der Waals surface area contributed by atoms with Crippen LogP contribution in [0.25, 0.3) is 11.5 Å². The Balaban J connectivity index is 1.97. The van der Waals surface area contributed by atoms with Gasteiger partial charge in [-0.1, -0.05) is 76.7 Å². The van der Waals surface area contributed by atoms with Crippen molar-refractivity contribution in [2.24, 2.45) is 0 Å². The third kappa shape index (κ3) is 4.36. The molecule has 5 heteroatoms. The highest BCUT2D eigenvalue weighted by Crippen LogP contribution is 2.25. The molecule has 0 saturated carbocycles. The molecule has 0 bridgehead atoms. The number of pyridine rings is 1. The topological polar surface area (TPSA) is 36.1 Å². The molecule has 0 aliphatic carbocycles. The van der Waals surface area contributed by atoms with Crippen LogP contribution in [0.3, 0.4) is 0 Å². The molecular weight excluding hydrogens is 408 g/mol. The maximum atomic E-state index is 11.0. The summed E-state index contributed by atoms with van der Waals surface area (Å²) in [4.78, 5) is 0.471. The number of nitrogens with one attached hydrogen (secondary N) is 1. The molecule has 26 heavy (non-hydrogen) atoms. The average Bonchev–Trinajstić information content (AvgIpc) is 2.68. The molecule has 0 spiro atoms.